The van der Waals surface area contributed by atoms with E-state index in [-0.39, 0.29) is 6.04 Å². The highest BCUT2D eigenvalue weighted by Crippen LogP contribution is 2.42. The van der Waals surface area contributed by atoms with Gasteiger partial charge >= 0.3 is 18.3 Å². The molecule has 1 nitrogen and oxygen atoms in total. The van der Waals surface area contributed by atoms with Gasteiger partial charge in [-0.2, -0.15) is 35.1 Å². The smallest absolute Gasteiger partial charge is 0.420 e. The van der Waals surface area contributed by atoms with Gasteiger partial charge in [-0.25, -0.2) is 0 Å². The lowest BCUT2D eigenvalue weighted by molar-refractivity contribution is -0.282. The molecule has 0 aromatic heterocycles. The third-order valence-electron chi connectivity index (χ3n) is 3.31. The Kier molecular flexibility index (Phi) is 7.12. The van der Waals surface area contributed by atoms with Gasteiger partial charge in [0.2, 0.25) is 0 Å². The fraction of sp³-hybridized carbons (Fsp3) is 1.00. The summed E-state index contributed by atoms with van der Waals surface area (Å²) < 4.78 is 104. The normalized spacial score (nSPS) is 16.9. The van der Waals surface area contributed by atoms with Crippen LogP contribution in [0.1, 0.15) is 26.2 Å². The van der Waals surface area contributed by atoms with Crippen molar-refractivity contribution in [2.45, 2.75) is 62.6 Å². The number of halogens is 8. The number of hydrogen-bond acceptors (Lipinski definition) is 1. The van der Waals surface area contributed by atoms with Crippen LogP contribution in [-0.2, 0) is 4.43 Å². The highest BCUT2D eigenvalue weighted by atomic mass is 28.4. The molecular weight excluding hydrogens is 328 g/mol. The van der Waals surface area contributed by atoms with E-state index >= 15 is 0 Å². The average molecular weight is 346 g/mol. The molecule has 128 valence electrons. The van der Waals surface area contributed by atoms with Gasteiger partial charge in [0.05, 0.1) is 0 Å². The van der Waals surface area contributed by atoms with E-state index in [9.17, 15) is 35.1 Å². The zero-order chi connectivity index (χ0) is 16.9. The van der Waals surface area contributed by atoms with E-state index in [0.717, 1.165) is 7.11 Å². The second kappa shape index (κ2) is 7.25. The molecule has 0 aliphatic heterocycles. The van der Waals surface area contributed by atoms with Crippen LogP contribution in [0.5, 0.6) is 0 Å². The Balaban J connectivity index is 4.92. The van der Waals surface area contributed by atoms with E-state index < -0.39 is 51.5 Å². The summed E-state index contributed by atoms with van der Waals surface area (Å²) in [4.78, 5) is 0. The highest BCUT2D eigenvalue weighted by molar-refractivity contribution is 6.73. The quantitative estimate of drug-likeness (QED) is 0.415. The van der Waals surface area contributed by atoms with E-state index in [1.165, 1.54) is 0 Å². The molecule has 0 amide bonds. The van der Waals surface area contributed by atoms with Crippen molar-refractivity contribution in [2.75, 3.05) is 7.11 Å². The van der Waals surface area contributed by atoms with Gasteiger partial charge in [-0.3, -0.25) is 0 Å². The maximum Gasteiger partial charge on any atom is 0.453 e. The number of alkyl halides is 8. The van der Waals surface area contributed by atoms with Gasteiger partial charge in [0.1, 0.15) is 0 Å². The van der Waals surface area contributed by atoms with Gasteiger partial charge in [-0.05, 0) is 18.1 Å². The Morgan fingerprint density at radius 1 is 0.810 bits per heavy atom. The Morgan fingerprint density at radius 2 is 1.29 bits per heavy atom. The minimum atomic E-state index is -5.70. The Labute approximate surface area is 118 Å². The fourth-order valence-corrected chi connectivity index (χ4v) is 5.82. The molecule has 0 fully saturated rings. The molecule has 21 heavy (non-hydrogen) atoms. The van der Waals surface area contributed by atoms with Crippen LogP contribution >= 0.6 is 0 Å². The van der Waals surface area contributed by atoms with Crippen molar-refractivity contribution in [1.29, 1.82) is 0 Å². The zero-order valence-electron chi connectivity index (χ0n) is 11.7. The van der Waals surface area contributed by atoms with Crippen molar-refractivity contribution in [3.8, 4) is 0 Å². The van der Waals surface area contributed by atoms with Gasteiger partial charge in [0, 0.05) is 20.0 Å². The molecule has 1 unspecified atom stereocenters. The summed E-state index contributed by atoms with van der Waals surface area (Å²) in [7, 11) is -2.18. The Bertz CT molecular complexity index is 314. The third-order valence-corrected chi connectivity index (χ3v) is 7.91. The molecular formula is C11H18F8OSi. The summed E-state index contributed by atoms with van der Waals surface area (Å²) >= 11 is 0. The summed E-state index contributed by atoms with van der Waals surface area (Å²) in [5.41, 5.74) is 0. The van der Waals surface area contributed by atoms with Gasteiger partial charge in [0.25, 0.3) is 0 Å². The van der Waals surface area contributed by atoms with E-state index in [2.05, 4.69) is 0 Å². The lowest BCUT2D eigenvalue weighted by Gasteiger charge is -2.32. The molecule has 0 rings (SSSR count). The molecule has 0 N–H and O–H groups in total. The minimum Gasteiger partial charge on any atom is -0.420 e. The van der Waals surface area contributed by atoms with Crippen LogP contribution in [0, 0.1) is 0 Å². The maximum absolute atomic E-state index is 12.9. The van der Waals surface area contributed by atoms with Crippen molar-refractivity contribution in [1.82, 2.24) is 0 Å². The van der Waals surface area contributed by atoms with Crippen LogP contribution in [0.15, 0.2) is 0 Å². The van der Waals surface area contributed by atoms with Crippen molar-refractivity contribution >= 4 is 8.32 Å². The van der Waals surface area contributed by atoms with Crippen LogP contribution in [-0.4, -0.2) is 33.7 Å². The van der Waals surface area contributed by atoms with Crippen molar-refractivity contribution in [3.63, 3.8) is 0 Å². The standard InChI is InChI=1S/C11H18F8OSi/c1-3-6-21(20-2,8-5-10(14,15)16)7-4-9(12,13)11(17,18)19/h3-8H2,1-2H3. The lowest BCUT2D eigenvalue weighted by atomic mass is 10.2. The molecule has 0 heterocycles. The van der Waals surface area contributed by atoms with Crippen LogP contribution < -0.4 is 0 Å². The molecule has 10 heteroatoms. The summed E-state index contributed by atoms with van der Waals surface area (Å²) in [6.45, 7) is 1.62. The van der Waals surface area contributed by atoms with Crippen LogP contribution in [0.2, 0.25) is 18.1 Å². The first-order chi connectivity index (χ1) is 9.29. The summed E-state index contributed by atoms with van der Waals surface area (Å²) in [5, 5.41) is 0. The third kappa shape index (κ3) is 6.94. The van der Waals surface area contributed by atoms with E-state index in [1.807, 2.05) is 0 Å². The first-order valence-electron chi connectivity index (χ1n) is 6.35. The van der Waals surface area contributed by atoms with Crippen molar-refractivity contribution in [3.05, 3.63) is 0 Å². The largest absolute Gasteiger partial charge is 0.453 e. The molecule has 0 saturated heterocycles. The summed E-state index contributed by atoms with van der Waals surface area (Å²) in [5.74, 6) is -4.91. The first-order valence-corrected chi connectivity index (χ1v) is 8.88. The number of rotatable bonds is 8. The topological polar surface area (TPSA) is 9.23 Å². The minimum absolute atomic E-state index is 0.119. The second-order valence-electron chi connectivity index (χ2n) is 4.95. The highest BCUT2D eigenvalue weighted by Gasteiger charge is 2.57. The molecule has 0 radical (unpaired) electrons. The summed E-state index contributed by atoms with van der Waals surface area (Å²) in [6, 6.07) is -1.04. The van der Waals surface area contributed by atoms with Crippen molar-refractivity contribution < 1.29 is 39.5 Å². The molecule has 0 aliphatic rings. The zero-order valence-corrected chi connectivity index (χ0v) is 12.7. The van der Waals surface area contributed by atoms with Gasteiger partial charge < -0.3 is 4.43 Å². The molecule has 1 atom stereocenters. The molecule has 0 saturated carbocycles. The predicted molar refractivity (Wildman–Crippen MR) is 63.8 cm³/mol. The predicted octanol–water partition coefficient (Wildman–Crippen LogP) is 5.53. The molecule has 0 aliphatic carbocycles. The van der Waals surface area contributed by atoms with Gasteiger partial charge in [-0.15, -0.1) is 0 Å². The lowest BCUT2D eigenvalue weighted by Crippen LogP contribution is -2.43. The first kappa shape index (κ1) is 20.6. The fourth-order valence-electron chi connectivity index (χ4n) is 2.03. The Morgan fingerprint density at radius 3 is 1.62 bits per heavy atom. The van der Waals surface area contributed by atoms with Crippen LogP contribution in [0.3, 0.4) is 0 Å². The van der Waals surface area contributed by atoms with E-state index in [1.54, 1.807) is 6.92 Å². The van der Waals surface area contributed by atoms with E-state index in [4.69, 9.17) is 4.43 Å². The van der Waals surface area contributed by atoms with Gasteiger partial charge in [-0.1, -0.05) is 13.3 Å². The monoisotopic (exact) mass is 346 g/mol. The van der Waals surface area contributed by atoms with E-state index in [0.29, 0.717) is 6.42 Å². The number of hydrogen-bond donors (Lipinski definition) is 0. The molecule has 0 spiro atoms. The van der Waals surface area contributed by atoms with Crippen LogP contribution in [0.4, 0.5) is 35.1 Å². The molecule has 0 aromatic carbocycles. The van der Waals surface area contributed by atoms with Crippen molar-refractivity contribution in [2.24, 2.45) is 0 Å². The molecule has 0 aromatic rings. The van der Waals surface area contributed by atoms with Crippen LogP contribution in [0.25, 0.3) is 0 Å². The summed E-state index contributed by atoms with van der Waals surface area (Å²) in [6.07, 6.45) is -12.6. The average Bonchev–Trinajstić information content (AvgIpc) is 2.30. The SMILES string of the molecule is CCC[Si](CCC(F)(F)F)(CCC(F)(F)C(F)(F)F)OC. The Hall–Kier alpha value is -0.383. The van der Waals surface area contributed by atoms with Gasteiger partial charge in [0.15, 0.2) is 8.32 Å². The maximum atomic E-state index is 12.9. The second-order valence-corrected chi connectivity index (χ2v) is 9.23. The molecule has 0 bridgehead atoms.